The smallest absolute Gasteiger partial charge is 0.161 e. The van der Waals surface area contributed by atoms with Gasteiger partial charge in [0.25, 0.3) is 0 Å². The van der Waals surface area contributed by atoms with Crippen LogP contribution in [0.4, 0.5) is 4.39 Å². The van der Waals surface area contributed by atoms with Crippen molar-refractivity contribution >= 4 is 11.6 Å². The first-order valence-corrected chi connectivity index (χ1v) is 10.5. The molecule has 0 saturated heterocycles. The highest BCUT2D eigenvalue weighted by atomic mass is 35.5. The van der Waals surface area contributed by atoms with Crippen molar-refractivity contribution in [2.24, 2.45) is 0 Å². The van der Waals surface area contributed by atoms with E-state index >= 15 is 0 Å². The first-order valence-electron chi connectivity index (χ1n) is 10.1. The molecule has 4 rings (SSSR count). The number of halogens is 2. The zero-order valence-electron chi connectivity index (χ0n) is 18.3. The Morgan fingerprint density at radius 1 is 1.00 bits per heavy atom. The third-order valence-corrected chi connectivity index (χ3v) is 5.61. The molecule has 0 unspecified atom stereocenters. The quantitative estimate of drug-likeness (QED) is 0.340. The first-order chi connectivity index (χ1) is 15.9. The standard InChI is InChI=1S/C25H22ClFN2O4/c1-14-24(15-5-9-22(31-2)23(10-15)32-3)25(29-28-14)19-8-7-18(12-21(19)30)33-13-16-4-6-17(27)11-20(16)26/h4-12,30H,13H2,1-3H3,(H,28,29). The second-order valence-electron chi connectivity index (χ2n) is 7.35. The number of hydrogen-bond acceptors (Lipinski definition) is 5. The van der Waals surface area contributed by atoms with Gasteiger partial charge in [-0.05, 0) is 48.9 Å². The summed E-state index contributed by atoms with van der Waals surface area (Å²) < 4.78 is 29.7. The van der Waals surface area contributed by atoms with Gasteiger partial charge in [0.2, 0.25) is 0 Å². The van der Waals surface area contributed by atoms with Crippen LogP contribution in [0.15, 0.2) is 54.6 Å². The van der Waals surface area contributed by atoms with Gasteiger partial charge in [0.05, 0.1) is 19.2 Å². The van der Waals surface area contributed by atoms with Gasteiger partial charge in [0.1, 0.15) is 29.6 Å². The maximum atomic E-state index is 13.2. The molecule has 0 aliphatic rings. The molecule has 1 aromatic heterocycles. The molecule has 0 radical (unpaired) electrons. The highest BCUT2D eigenvalue weighted by Gasteiger charge is 2.19. The molecule has 0 spiro atoms. The number of methoxy groups -OCH3 is 2. The second kappa shape index (κ2) is 9.42. The fourth-order valence-electron chi connectivity index (χ4n) is 3.57. The van der Waals surface area contributed by atoms with E-state index in [0.717, 1.165) is 16.8 Å². The molecule has 170 valence electrons. The summed E-state index contributed by atoms with van der Waals surface area (Å²) in [4.78, 5) is 0. The normalized spacial score (nSPS) is 10.8. The van der Waals surface area contributed by atoms with Crippen molar-refractivity contribution in [2.45, 2.75) is 13.5 Å². The van der Waals surface area contributed by atoms with Crippen LogP contribution < -0.4 is 14.2 Å². The zero-order valence-corrected chi connectivity index (χ0v) is 19.0. The van der Waals surface area contributed by atoms with Gasteiger partial charge in [-0.2, -0.15) is 5.10 Å². The van der Waals surface area contributed by atoms with E-state index in [1.54, 1.807) is 32.4 Å². The highest BCUT2D eigenvalue weighted by molar-refractivity contribution is 6.31. The van der Waals surface area contributed by atoms with Crippen molar-refractivity contribution in [2.75, 3.05) is 14.2 Å². The van der Waals surface area contributed by atoms with E-state index in [1.165, 1.54) is 18.2 Å². The molecule has 1 heterocycles. The van der Waals surface area contributed by atoms with Crippen LogP contribution in [-0.4, -0.2) is 29.5 Å². The number of H-pyrrole nitrogens is 1. The number of aromatic hydroxyl groups is 1. The Morgan fingerprint density at radius 3 is 2.48 bits per heavy atom. The molecule has 6 nitrogen and oxygen atoms in total. The number of aromatic nitrogens is 2. The van der Waals surface area contributed by atoms with E-state index in [-0.39, 0.29) is 17.4 Å². The number of ether oxygens (including phenoxy) is 3. The Bertz CT molecular complexity index is 1310. The highest BCUT2D eigenvalue weighted by Crippen LogP contribution is 2.41. The fourth-order valence-corrected chi connectivity index (χ4v) is 3.79. The van der Waals surface area contributed by atoms with E-state index < -0.39 is 5.82 Å². The van der Waals surface area contributed by atoms with Crippen LogP contribution in [0.3, 0.4) is 0 Å². The van der Waals surface area contributed by atoms with Gasteiger partial charge in [-0.3, -0.25) is 5.10 Å². The van der Waals surface area contributed by atoms with E-state index in [9.17, 15) is 9.50 Å². The molecule has 33 heavy (non-hydrogen) atoms. The molecule has 4 aromatic rings. The van der Waals surface area contributed by atoms with Crippen LogP contribution in [0.25, 0.3) is 22.4 Å². The minimum absolute atomic E-state index is 0.00549. The minimum Gasteiger partial charge on any atom is -0.507 e. The number of aromatic amines is 1. The number of hydrogen-bond donors (Lipinski definition) is 2. The largest absolute Gasteiger partial charge is 0.507 e. The number of phenolic OH excluding ortho intramolecular Hbond substituents is 1. The van der Waals surface area contributed by atoms with Gasteiger partial charge >= 0.3 is 0 Å². The Labute approximate surface area is 195 Å². The SMILES string of the molecule is COc1ccc(-c2c(-c3ccc(OCc4ccc(F)cc4Cl)cc3O)n[nH]c2C)cc1OC. The van der Waals surface area contributed by atoms with Crippen molar-refractivity contribution in [3.8, 4) is 45.4 Å². The minimum atomic E-state index is -0.412. The van der Waals surface area contributed by atoms with E-state index in [2.05, 4.69) is 10.2 Å². The van der Waals surface area contributed by atoms with Gasteiger partial charge in [-0.25, -0.2) is 4.39 Å². The summed E-state index contributed by atoms with van der Waals surface area (Å²) in [7, 11) is 3.16. The van der Waals surface area contributed by atoms with Gasteiger partial charge in [-0.1, -0.05) is 23.7 Å². The maximum absolute atomic E-state index is 13.2. The molecule has 8 heteroatoms. The molecule has 0 bridgehead atoms. The van der Waals surface area contributed by atoms with Crippen LogP contribution in [0.5, 0.6) is 23.0 Å². The average molecular weight is 469 g/mol. The van der Waals surface area contributed by atoms with Gasteiger partial charge in [0, 0.05) is 28.5 Å². The van der Waals surface area contributed by atoms with Gasteiger partial charge in [0.15, 0.2) is 11.5 Å². The van der Waals surface area contributed by atoms with Crippen LogP contribution in [-0.2, 0) is 6.61 Å². The van der Waals surface area contributed by atoms with Crippen molar-refractivity contribution in [3.63, 3.8) is 0 Å². The van der Waals surface area contributed by atoms with Crippen molar-refractivity contribution in [3.05, 3.63) is 76.7 Å². The second-order valence-corrected chi connectivity index (χ2v) is 7.75. The number of aryl methyl sites for hydroxylation is 1. The number of rotatable bonds is 7. The number of phenols is 1. The number of nitrogens with zero attached hydrogens (tertiary/aromatic N) is 1. The predicted octanol–water partition coefficient (Wildman–Crippen LogP) is 6.15. The number of benzene rings is 3. The Balaban J connectivity index is 1.63. The Kier molecular flexibility index (Phi) is 6.42. The van der Waals surface area contributed by atoms with Crippen LogP contribution in [0.2, 0.25) is 5.02 Å². The molecule has 0 amide bonds. The molecule has 0 saturated carbocycles. The summed E-state index contributed by atoms with van der Waals surface area (Å²) in [6.45, 7) is 2.04. The lowest BCUT2D eigenvalue weighted by atomic mass is 9.98. The first kappa shape index (κ1) is 22.5. The molecule has 2 N–H and O–H groups in total. The summed E-state index contributed by atoms with van der Waals surface area (Å²) in [6.07, 6.45) is 0. The number of nitrogens with one attached hydrogen (secondary N) is 1. The Hall–Kier alpha value is -3.71. The average Bonchev–Trinajstić information content (AvgIpc) is 3.19. The summed E-state index contributed by atoms with van der Waals surface area (Å²) in [5.74, 6) is 1.25. The molecule has 3 aromatic carbocycles. The van der Waals surface area contributed by atoms with E-state index in [4.69, 9.17) is 25.8 Å². The molecular formula is C25H22ClFN2O4. The van der Waals surface area contributed by atoms with Crippen LogP contribution in [0, 0.1) is 12.7 Å². The summed E-state index contributed by atoms with van der Waals surface area (Å²) in [5.41, 5.74) is 4.29. The van der Waals surface area contributed by atoms with E-state index in [1.807, 2.05) is 25.1 Å². The fraction of sp³-hybridized carbons (Fsp3) is 0.160. The molecule has 0 fully saturated rings. The lowest BCUT2D eigenvalue weighted by Gasteiger charge is -2.12. The van der Waals surface area contributed by atoms with Crippen LogP contribution >= 0.6 is 11.6 Å². The van der Waals surface area contributed by atoms with Gasteiger partial charge < -0.3 is 19.3 Å². The van der Waals surface area contributed by atoms with E-state index in [0.29, 0.717) is 34.1 Å². The van der Waals surface area contributed by atoms with Crippen LogP contribution in [0.1, 0.15) is 11.3 Å². The van der Waals surface area contributed by atoms with Gasteiger partial charge in [-0.15, -0.1) is 0 Å². The third-order valence-electron chi connectivity index (χ3n) is 5.25. The Morgan fingerprint density at radius 2 is 1.79 bits per heavy atom. The maximum Gasteiger partial charge on any atom is 0.161 e. The summed E-state index contributed by atoms with van der Waals surface area (Å²) >= 11 is 6.05. The molecule has 0 aliphatic carbocycles. The summed E-state index contributed by atoms with van der Waals surface area (Å²) in [6, 6.07) is 14.7. The monoisotopic (exact) mass is 468 g/mol. The van der Waals surface area contributed by atoms with Crippen molar-refractivity contribution in [1.82, 2.24) is 10.2 Å². The van der Waals surface area contributed by atoms with Crippen molar-refractivity contribution in [1.29, 1.82) is 0 Å². The zero-order chi connectivity index (χ0) is 23.5. The molecule has 0 atom stereocenters. The molecule has 0 aliphatic heterocycles. The summed E-state index contributed by atoms with van der Waals surface area (Å²) in [5, 5.41) is 18.4. The lowest BCUT2D eigenvalue weighted by Crippen LogP contribution is -1.97. The molecular weight excluding hydrogens is 447 g/mol. The lowest BCUT2D eigenvalue weighted by molar-refractivity contribution is 0.304. The topological polar surface area (TPSA) is 76.6 Å². The van der Waals surface area contributed by atoms with Crippen molar-refractivity contribution < 1.29 is 23.7 Å². The predicted molar refractivity (Wildman–Crippen MR) is 125 cm³/mol. The third kappa shape index (κ3) is 4.59.